The monoisotopic (exact) mass is 247 g/mol. The van der Waals surface area contributed by atoms with Gasteiger partial charge < -0.3 is 15.4 Å². The van der Waals surface area contributed by atoms with Crippen molar-refractivity contribution in [1.82, 2.24) is 0 Å². The third-order valence-electron chi connectivity index (χ3n) is 2.96. The molecule has 0 bridgehead atoms. The summed E-state index contributed by atoms with van der Waals surface area (Å²) in [6, 6.07) is 10.0. The summed E-state index contributed by atoms with van der Waals surface area (Å²) in [4.78, 5) is 2.15. The Kier molecular flexibility index (Phi) is 4.99. The lowest BCUT2D eigenvalue weighted by Gasteiger charge is -2.21. The van der Waals surface area contributed by atoms with Crippen molar-refractivity contribution in [2.24, 2.45) is 5.73 Å². The van der Waals surface area contributed by atoms with E-state index in [1.165, 1.54) is 0 Å². The second-order valence-electron chi connectivity index (χ2n) is 4.75. The molecule has 98 valence electrons. The largest absolute Gasteiger partial charge is 0.497 e. The third-order valence-corrected chi connectivity index (χ3v) is 2.96. The van der Waals surface area contributed by atoms with Gasteiger partial charge in [0.2, 0.25) is 0 Å². The molecule has 0 saturated carbocycles. The van der Waals surface area contributed by atoms with Crippen molar-refractivity contribution in [3.8, 4) is 11.8 Å². The molecule has 0 amide bonds. The Morgan fingerprint density at radius 1 is 1.39 bits per heavy atom. The van der Waals surface area contributed by atoms with E-state index in [-0.39, 0.29) is 0 Å². The zero-order chi connectivity index (χ0) is 13.6. The predicted octanol–water partition coefficient (Wildman–Crippen LogP) is 2.15. The predicted molar refractivity (Wildman–Crippen MR) is 73.7 cm³/mol. The van der Waals surface area contributed by atoms with Crippen LogP contribution in [0.5, 0.6) is 5.75 Å². The number of ether oxygens (including phenoxy) is 1. The van der Waals surface area contributed by atoms with Crippen LogP contribution in [0.4, 0.5) is 5.69 Å². The van der Waals surface area contributed by atoms with E-state index in [0.29, 0.717) is 6.42 Å². The molecule has 0 spiro atoms. The van der Waals surface area contributed by atoms with E-state index in [4.69, 9.17) is 15.7 Å². The number of rotatable bonds is 6. The highest BCUT2D eigenvalue weighted by Gasteiger charge is 2.16. The van der Waals surface area contributed by atoms with Crippen molar-refractivity contribution in [1.29, 1.82) is 5.26 Å². The van der Waals surface area contributed by atoms with E-state index >= 15 is 0 Å². The minimum Gasteiger partial charge on any atom is -0.497 e. The second kappa shape index (κ2) is 6.27. The summed E-state index contributed by atoms with van der Waals surface area (Å²) < 4.78 is 5.12. The van der Waals surface area contributed by atoms with Crippen molar-refractivity contribution in [3.05, 3.63) is 24.3 Å². The van der Waals surface area contributed by atoms with Gasteiger partial charge in [0, 0.05) is 19.3 Å². The van der Waals surface area contributed by atoms with Gasteiger partial charge in [0.25, 0.3) is 0 Å². The number of benzene rings is 1. The van der Waals surface area contributed by atoms with Crippen molar-refractivity contribution in [3.63, 3.8) is 0 Å². The maximum atomic E-state index is 8.83. The molecule has 1 unspecified atom stereocenters. The first-order valence-electron chi connectivity index (χ1n) is 6.04. The summed E-state index contributed by atoms with van der Waals surface area (Å²) in [5.41, 5.74) is 6.19. The zero-order valence-corrected chi connectivity index (χ0v) is 11.3. The van der Waals surface area contributed by atoms with E-state index in [1.54, 1.807) is 14.0 Å². The first kappa shape index (κ1) is 14.3. The average Bonchev–Trinajstić information content (AvgIpc) is 2.38. The molecule has 0 fully saturated rings. The van der Waals surface area contributed by atoms with Crippen molar-refractivity contribution >= 4 is 5.69 Å². The van der Waals surface area contributed by atoms with Gasteiger partial charge in [-0.2, -0.15) is 5.26 Å². The maximum absolute atomic E-state index is 8.83. The van der Waals surface area contributed by atoms with E-state index < -0.39 is 5.54 Å². The molecule has 0 radical (unpaired) electrons. The Balaban J connectivity index is 2.45. The number of nitrogens with zero attached hydrogens (tertiary/aromatic N) is 2. The normalized spacial score (nSPS) is 13.5. The molecule has 0 aromatic heterocycles. The number of anilines is 1. The van der Waals surface area contributed by atoms with Crippen molar-refractivity contribution in [2.75, 3.05) is 25.6 Å². The molecule has 4 heteroatoms. The lowest BCUT2D eigenvalue weighted by molar-refractivity contribution is 0.415. The van der Waals surface area contributed by atoms with Crippen LogP contribution in [0.1, 0.15) is 19.8 Å². The Morgan fingerprint density at radius 2 is 2.00 bits per heavy atom. The number of hydrogen-bond donors (Lipinski definition) is 1. The van der Waals surface area contributed by atoms with Gasteiger partial charge in [-0.15, -0.1) is 0 Å². The van der Waals surface area contributed by atoms with Crippen LogP contribution >= 0.6 is 0 Å². The van der Waals surface area contributed by atoms with Crippen LogP contribution in [-0.2, 0) is 0 Å². The summed E-state index contributed by atoms with van der Waals surface area (Å²) >= 11 is 0. The fourth-order valence-electron chi connectivity index (χ4n) is 1.71. The quantitative estimate of drug-likeness (QED) is 0.836. The topological polar surface area (TPSA) is 62.3 Å². The lowest BCUT2D eigenvalue weighted by Crippen LogP contribution is -2.35. The van der Waals surface area contributed by atoms with E-state index in [0.717, 1.165) is 24.4 Å². The number of nitrogens with two attached hydrogens (primary N) is 1. The number of methoxy groups -OCH3 is 1. The van der Waals surface area contributed by atoms with Crippen LogP contribution < -0.4 is 15.4 Å². The Hall–Kier alpha value is -1.73. The van der Waals surface area contributed by atoms with Crippen molar-refractivity contribution in [2.45, 2.75) is 25.3 Å². The smallest absolute Gasteiger partial charge is 0.119 e. The van der Waals surface area contributed by atoms with Crippen LogP contribution in [0, 0.1) is 11.3 Å². The highest BCUT2D eigenvalue weighted by atomic mass is 16.5. The molecule has 2 N–H and O–H groups in total. The molecule has 1 aromatic rings. The summed E-state index contributed by atoms with van der Waals surface area (Å²) in [6.07, 6.45) is 1.59. The van der Waals surface area contributed by atoms with Crippen LogP contribution in [0.25, 0.3) is 0 Å². The maximum Gasteiger partial charge on any atom is 0.119 e. The van der Waals surface area contributed by atoms with Gasteiger partial charge in [-0.25, -0.2) is 0 Å². The molecular formula is C14H21N3O. The fourth-order valence-corrected chi connectivity index (χ4v) is 1.71. The average molecular weight is 247 g/mol. The fraction of sp³-hybridized carbons (Fsp3) is 0.500. The Morgan fingerprint density at radius 3 is 2.50 bits per heavy atom. The molecule has 0 aliphatic rings. The SMILES string of the molecule is COc1ccc(N(C)CCCC(C)(N)C#N)cc1. The van der Waals surface area contributed by atoms with Gasteiger partial charge in [0.05, 0.1) is 13.2 Å². The van der Waals surface area contributed by atoms with E-state index in [1.807, 2.05) is 31.3 Å². The summed E-state index contributed by atoms with van der Waals surface area (Å²) in [7, 11) is 3.69. The van der Waals surface area contributed by atoms with E-state index in [9.17, 15) is 0 Å². The van der Waals surface area contributed by atoms with Crippen LogP contribution in [-0.4, -0.2) is 26.2 Å². The Labute approximate surface area is 109 Å². The molecule has 0 aliphatic carbocycles. The highest BCUT2D eigenvalue weighted by Crippen LogP contribution is 2.19. The van der Waals surface area contributed by atoms with Gasteiger partial charge in [0.15, 0.2) is 0 Å². The van der Waals surface area contributed by atoms with Crippen LogP contribution in [0.2, 0.25) is 0 Å². The zero-order valence-electron chi connectivity index (χ0n) is 11.3. The van der Waals surface area contributed by atoms with Crippen molar-refractivity contribution < 1.29 is 4.74 Å². The van der Waals surface area contributed by atoms with Gasteiger partial charge in [-0.05, 0) is 44.0 Å². The summed E-state index contributed by atoms with van der Waals surface area (Å²) in [5.74, 6) is 0.853. The van der Waals surface area contributed by atoms with Crippen LogP contribution in [0.15, 0.2) is 24.3 Å². The molecular weight excluding hydrogens is 226 g/mol. The molecule has 1 atom stereocenters. The Bertz CT molecular complexity index is 406. The number of nitriles is 1. The van der Waals surface area contributed by atoms with Gasteiger partial charge in [0.1, 0.15) is 11.3 Å². The molecule has 0 heterocycles. The summed E-state index contributed by atoms with van der Waals surface area (Å²) in [6.45, 7) is 2.64. The van der Waals surface area contributed by atoms with Gasteiger partial charge in [-0.1, -0.05) is 0 Å². The molecule has 0 saturated heterocycles. The minimum atomic E-state index is -0.721. The molecule has 1 aromatic carbocycles. The second-order valence-corrected chi connectivity index (χ2v) is 4.75. The van der Waals surface area contributed by atoms with E-state index in [2.05, 4.69) is 11.0 Å². The molecule has 0 aliphatic heterocycles. The minimum absolute atomic E-state index is 0.698. The number of hydrogen-bond acceptors (Lipinski definition) is 4. The molecule has 1 rings (SSSR count). The molecule has 18 heavy (non-hydrogen) atoms. The van der Waals surface area contributed by atoms with Gasteiger partial charge in [-0.3, -0.25) is 0 Å². The lowest BCUT2D eigenvalue weighted by atomic mass is 9.99. The molecule has 4 nitrogen and oxygen atoms in total. The van der Waals surface area contributed by atoms with Gasteiger partial charge >= 0.3 is 0 Å². The van der Waals surface area contributed by atoms with Crippen LogP contribution in [0.3, 0.4) is 0 Å². The first-order valence-corrected chi connectivity index (χ1v) is 6.04. The first-order chi connectivity index (χ1) is 8.48. The highest BCUT2D eigenvalue weighted by molar-refractivity contribution is 5.48. The third kappa shape index (κ3) is 4.27. The standard InChI is InChI=1S/C14H21N3O/c1-14(16,11-15)9-4-10-17(2)12-5-7-13(18-3)8-6-12/h5-8H,4,9-10,16H2,1-3H3. The summed E-state index contributed by atoms with van der Waals surface area (Å²) in [5, 5.41) is 8.83.